The molecule has 2 aromatic heterocycles. The summed E-state index contributed by atoms with van der Waals surface area (Å²) in [4.78, 5) is 77.9. The number of hydrogen-bond donors (Lipinski definition) is 3. The predicted octanol–water partition coefficient (Wildman–Crippen LogP) is 3.93. The van der Waals surface area contributed by atoms with Crippen molar-refractivity contribution in [2.45, 2.75) is 50.7 Å². The molecule has 3 aromatic carbocycles. The van der Waals surface area contributed by atoms with Crippen LogP contribution in [0.15, 0.2) is 67.1 Å². The molecule has 18 heteroatoms. The number of nitrogens with zero attached hydrogens (tertiary/aromatic N) is 7. The molecule has 4 aliphatic heterocycles. The molecule has 0 radical (unpaired) electrons. The number of morpholine rings is 1. The van der Waals surface area contributed by atoms with Gasteiger partial charge in [0.05, 0.1) is 66.0 Å². The summed E-state index contributed by atoms with van der Waals surface area (Å²) in [7, 11) is 0. The van der Waals surface area contributed by atoms with E-state index in [1.54, 1.807) is 42.7 Å². The highest BCUT2D eigenvalue weighted by molar-refractivity contribution is 6.25. The van der Waals surface area contributed by atoms with Crippen molar-refractivity contribution in [1.82, 2.24) is 45.1 Å². The highest BCUT2D eigenvalue weighted by Gasteiger charge is 2.45. The first-order valence-corrected chi connectivity index (χ1v) is 21.3. The molecule has 0 saturated carbocycles. The van der Waals surface area contributed by atoms with Crippen LogP contribution in [0.25, 0.3) is 33.4 Å². The normalized spacial score (nSPS) is 18.8. The molecule has 3 N–H and O–H groups in total. The first kappa shape index (κ1) is 41.8. The van der Waals surface area contributed by atoms with Crippen molar-refractivity contribution in [3.05, 3.63) is 95.4 Å². The minimum absolute atomic E-state index is 0.0355. The fourth-order valence-electron chi connectivity index (χ4n) is 8.77. The summed E-state index contributed by atoms with van der Waals surface area (Å²) < 4.78 is 38.1. The lowest BCUT2D eigenvalue weighted by Gasteiger charge is -2.31. The second-order valence-corrected chi connectivity index (χ2v) is 16.3. The van der Waals surface area contributed by atoms with Gasteiger partial charge in [-0.1, -0.05) is 18.2 Å². The SMILES string of the molecule is O=C(CN1CCC(n2cc(-c3cnc4cccc(-c5cc(F)c(CN6CCOCC6)c(F)c5)c4n3)cn2)CC1)NCCCNc1cccc2c1C(=O)N(C1CCC(=O)NC1=O)C2=O. The van der Waals surface area contributed by atoms with E-state index in [2.05, 4.69) is 30.9 Å². The maximum Gasteiger partial charge on any atom is 0.264 e. The number of hydrogen-bond acceptors (Lipinski definition) is 12. The molecule has 3 fully saturated rings. The number of carbonyl (C=O) groups excluding carboxylic acids is 5. The van der Waals surface area contributed by atoms with Crippen molar-refractivity contribution >= 4 is 46.3 Å². The average Bonchev–Trinajstić information content (AvgIpc) is 3.88. The Balaban J connectivity index is 0.750. The van der Waals surface area contributed by atoms with Gasteiger partial charge in [0.15, 0.2) is 0 Å². The topological polar surface area (TPSA) is 184 Å². The van der Waals surface area contributed by atoms with E-state index in [0.717, 1.165) is 23.3 Å². The van der Waals surface area contributed by atoms with E-state index in [0.29, 0.717) is 92.4 Å². The molecule has 326 valence electrons. The van der Waals surface area contributed by atoms with E-state index >= 15 is 8.78 Å². The molecule has 3 saturated heterocycles. The van der Waals surface area contributed by atoms with E-state index in [4.69, 9.17) is 9.72 Å². The fraction of sp³-hybridized carbons (Fsp3) is 0.378. The van der Waals surface area contributed by atoms with Gasteiger partial charge in [-0.25, -0.2) is 13.8 Å². The second-order valence-electron chi connectivity index (χ2n) is 16.3. The fourth-order valence-corrected chi connectivity index (χ4v) is 8.77. The van der Waals surface area contributed by atoms with Crippen LogP contribution in [-0.4, -0.2) is 129 Å². The summed E-state index contributed by atoms with van der Waals surface area (Å²) in [6.45, 7) is 4.97. The third-order valence-electron chi connectivity index (χ3n) is 12.2. The summed E-state index contributed by atoms with van der Waals surface area (Å²) in [5.74, 6) is -3.55. The van der Waals surface area contributed by atoms with Crippen LogP contribution < -0.4 is 16.0 Å². The van der Waals surface area contributed by atoms with Crippen molar-refractivity contribution in [2.24, 2.45) is 0 Å². The van der Waals surface area contributed by atoms with E-state index in [-0.39, 0.29) is 54.6 Å². The Morgan fingerprint density at radius 2 is 1.62 bits per heavy atom. The van der Waals surface area contributed by atoms with Crippen molar-refractivity contribution < 1.29 is 37.5 Å². The van der Waals surface area contributed by atoms with E-state index in [1.165, 1.54) is 12.1 Å². The number of fused-ring (bicyclic) bond motifs is 2. The Labute approximate surface area is 361 Å². The molecule has 4 aliphatic rings. The van der Waals surface area contributed by atoms with Crippen LogP contribution in [0, 0.1) is 11.6 Å². The first-order valence-electron chi connectivity index (χ1n) is 21.3. The van der Waals surface area contributed by atoms with Crippen LogP contribution in [0.5, 0.6) is 0 Å². The maximum absolute atomic E-state index is 15.4. The van der Waals surface area contributed by atoms with Gasteiger partial charge in [0.2, 0.25) is 17.7 Å². The maximum atomic E-state index is 15.4. The predicted molar refractivity (Wildman–Crippen MR) is 226 cm³/mol. The first-order chi connectivity index (χ1) is 30.6. The number of ether oxygens (including phenoxy) is 1. The average molecular weight is 861 g/mol. The Morgan fingerprint density at radius 1 is 0.857 bits per heavy atom. The van der Waals surface area contributed by atoms with Crippen LogP contribution in [0.1, 0.15) is 64.4 Å². The number of amides is 5. The summed E-state index contributed by atoms with van der Waals surface area (Å²) in [6.07, 6.45) is 7.60. The number of likely N-dealkylation sites (tertiary alicyclic amines) is 1. The zero-order valence-electron chi connectivity index (χ0n) is 34.4. The quantitative estimate of drug-likeness (QED) is 0.115. The van der Waals surface area contributed by atoms with Gasteiger partial charge in [-0.2, -0.15) is 5.10 Å². The van der Waals surface area contributed by atoms with Gasteiger partial charge in [0.25, 0.3) is 11.8 Å². The molecule has 5 aromatic rings. The number of aromatic nitrogens is 4. The molecule has 1 unspecified atom stereocenters. The summed E-state index contributed by atoms with van der Waals surface area (Å²) in [5.41, 5.74) is 4.32. The molecular formula is C45H46F2N10O6. The van der Waals surface area contributed by atoms with Crippen molar-refractivity contribution in [3.63, 3.8) is 0 Å². The zero-order valence-corrected chi connectivity index (χ0v) is 34.4. The Kier molecular flexibility index (Phi) is 12.0. The molecule has 16 nitrogen and oxygen atoms in total. The van der Waals surface area contributed by atoms with E-state index in [9.17, 15) is 24.0 Å². The van der Waals surface area contributed by atoms with Crippen LogP contribution in [0.4, 0.5) is 14.5 Å². The summed E-state index contributed by atoms with van der Waals surface area (Å²) in [5, 5.41) is 13.0. The molecule has 0 bridgehead atoms. The van der Waals surface area contributed by atoms with Crippen molar-refractivity contribution in [2.75, 3.05) is 64.3 Å². The largest absolute Gasteiger partial charge is 0.384 e. The summed E-state index contributed by atoms with van der Waals surface area (Å²) >= 11 is 0. The third kappa shape index (κ3) is 8.78. The van der Waals surface area contributed by atoms with Gasteiger partial charge in [-0.05, 0) is 61.6 Å². The molecule has 9 rings (SSSR count). The highest BCUT2D eigenvalue weighted by atomic mass is 19.1. The number of rotatable bonds is 13. The van der Waals surface area contributed by atoms with Gasteiger partial charge in [0, 0.05) is 80.8 Å². The lowest BCUT2D eigenvalue weighted by Crippen LogP contribution is -2.54. The van der Waals surface area contributed by atoms with Crippen LogP contribution >= 0.6 is 0 Å². The van der Waals surface area contributed by atoms with Gasteiger partial charge >= 0.3 is 0 Å². The van der Waals surface area contributed by atoms with Gasteiger partial charge < -0.3 is 15.4 Å². The van der Waals surface area contributed by atoms with Crippen LogP contribution in [0.2, 0.25) is 0 Å². The van der Waals surface area contributed by atoms with Gasteiger partial charge in [0.1, 0.15) is 17.7 Å². The van der Waals surface area contributed by atoms with E-state index < -0.39 is 41.3 Å². The zero-order chi connectivity index (χ0) is 43.6. The lowest BCUT2D eigenvalue weighted by atomic mass is 10.0. The number of nitrogens with one attached hydrogen (secondary N) is 3. The molecule has 6 heterocycles. The lowest BCUT2D eigenvalue weighted by molar-refractivity contribution is -0.136. The molecular weight excluding hydrogens is 815 g/mol. The molecule has 5 amide bonds. The minimum atomic E-state index is -1.04. The number of piperidine rings is 2. The smallest absolute Gasteiger partial charge is 0.264 e. The number of imide groups is 2. The van der Waals surface area contributed by atoms with Crippen molar-refractivity contribution in [3.8, 4) is 22.4 Å². The number of carbonyl (C=O) groups is 5. The summed E-state index contributed by atoms with van der Waals surface area (Å²) in [6, 6.07) is 12.1. The molecule has 63 heavy (non-hydrogen) atoms. The number of halogens is 2. The third-order valence-corrected chi connectivity index (χ3v) is 12.2. The van der Waals surface area contributed by atoms with Crippen LogP contribution in [-0.2, 0) is 25.7 Å². The Bertz CT molecular complexity index is 2580. The molecule has 0 aliphatic carbocycles. The van der Waals surface area contributed by atoms with Gasteiger partial charge in [-0.15, -0.1) is 0 Å². The van der Waals surface area contributed by atoms with Crippen molar-refractivity contribution in [1.29, 1.82) is 0 Å². The minimum Gasteiger partial charge on any atom is -0.384 e. The standard InChI is InChI=1S/C45H46F2N10O6/c46-33-20-27(21-34(47)32(33)25-55-16-18-63-19-17-55)30-4-1-7-36-42(30)52-37(23-50-36)28-22-51-56(24-28)29-10-14-54(15-11-29)26-40(59)49-13-3-12-48-35-6-2-5-31-41(35)45(62)57(44(31)61)38-8-9-39(58)53-43(38)60/h1-2,4-7,20-24,29,38,48H,3,8-19,25-26H2,(H,49,59)(H,53,58,60). The highest BCUT2D eigenvalue weighted by Crippen LogP contribution is 2.34. The monoisotopic (exact) mass is 860 g/mol. The van der Waals surface area contributed by atoms with E-state index in [1.807, 2.05) is 21.8 Å². The second kappa shape index (κ2) is 18.1. The number of para-hydroxylation sites is 1. The number of anilines is 1. The van der Waals surface area contributed by atoms with Crippen LogP contribution in [0.3, 0.4) is 0 Å². The molecule has 1 atom stereocenters. The Morgan fingerprint density at radius 3 is 2.40 bits per heavy atom. The molecule has 0 spiro atoms. The van der Waals surface area contributed by atoms with Gasteiger partial charge in [-0.3, -0.25) is 53.7 Å². The Hall–Kier alpha value is -6.50. The number of benzene rings is 3.